The van der Waals surface area contributed by atoms with Gasteiger partial charge in [0, 0.05) is 69.3 Å². The van der Waals surface area contributed by atoms with Crippen LogP contribution < -0.4 is 80.2 Å². The van der Waals surface area contributed by atoms with Gasteiger partial charge in [-0.05, 0) is 119 Å². The summed E-state index contributed by atoms with van der Waals surface area (Å²) < 4.78 is 5.50. The number of aliphatic hydroxyl groups is 3. The third-order valence-corrected chi connectivity index (χ3v) is 19.5. The lowest BCUT2D eigenvalue weighted by atomic mass is 10.0. The Morgan fingerprint density at radius 1 is 0.619 bits per heavy atom. The summed E-state index contributed by atoms with van der Waals surface area (Å²) in [4.78, 5) is 245. The van der Waals surface area contributed by atoms with E-state index in [2.05, 4.69) is 79.4 Å². The molecule has 7 rings (SSSR count). The molecule has 2 bridgehead atoms. The number of H-pyrrole nitrogens is 1. The second-order valence-electron chi connectivity index (χ2n) is 28.7. The predicted molar refractivity (Wildman–Crippen MR) is 410 cm³/mol. The lowest BCUT2D eigenvalue weighted by Gasteiger charge is -2.31. The first-order valence-electron chi connectivity index (χ1n) is 37.9. The molecule has 43 nitrogen and oxygen atoms in total. The molecule has 25 N–H and O–H groups in total. The number of phenols is 2. The van der Waals surface area contributed by atoms with Gasteiger partial charge in [-0.15, -0.1) is 0 Å². The van der Waals surface area contributed by atoms with E-state index in [4.69, 9.17) is 15.9 Å². The fraction of sp³-hybridized carbons (Fsp3) is 0.493. The van der Waals surface area contributed by atoms with E-state index in [0.717, 1.165) is 18.7 Å². The molecule has 3 saturated heterocycles. The lowest BCUT2D eigenvalue weighted by Crippen LogP contribution is -2.63. The zero-order valence-corrected chi connectivity index (χ0v) is 64.8. The molecular formula is C75H100N18O25. The number of nitrogens with one attached hydrogen (secondary N) is 16. The van der Waals surface area contributed by atoms with Gasteiger partial charge in [0.05, 0.1) is 18.6 Å². The van der Waals surface area contributed by atoms with Crippen LogP contribution in [0.3, 0.4) is 0 Å². The third kappa shape index (κ3) is 27.3. The average molecular weight is 1650 g/mol. The molecule has 4 heterocycles. The highest BCUT2D eigenvalue weighted by atomic mass is 16.5. The summed E-state index contributed by atoms with van der Waals surface area (Å²) in [6, 6.07) is -7.38. The number of rotatable bonds is 26. The van der Waals surface area contributed by atoms with E-state index in [1.54, 1.807) is 24.3 Å². The molecule has 0 saturated carbocycles. The van der Waals surface area contributed by atoms with Crippen LogP contribution in [0.4, 0.5) is 0 Å². The van der Waals surface area contributed by atoms with Crippen LogP contribution in [0.5, 0.6) is 11.5 Å². The van der Waals surface area contributed by atoms with E-state index in [0.29, 0.717) is 16.5 Å². The number of esters is 1. The summed E-state index contributed by atoms with van der Waals surface area (Å²) in [5.74, 6) is -22.5. The molecule has 4 aromatic rings. The first-order chi connectivity index (χ1) is 55.9. The molecular weight excluding hydrogens is 1550 g/mol. The largest absolute Gasteiger partial charge is 0.508 e. The Hall–Kier alpha value is -13.1. The van der Waals surface area contributed by atoms with Crippen molar-refractivity contribution in [2.75, 3.05) is 26.2 Å². The van der Waals surface area contributed by atoms with Gasteiger partial charge in [-0.2, -0.15) is 0 Å². The highest BCUT2D eigenvalue weighted by Gasteiger charge is 2.44. The lowest BCUT2D eigenvalue weighted by molar-refractivity contribution is -0.148. The number of aromatic nitrogens is 1. The van der Waals surface area contributed by atoms with E-state index >= 15 is 14.4 Å². The highest BCUT2D eigenvalue weighted by Crippen LogP contribution is 2.24. The van der Waals surface area contributed by atoms with Crippen LogP contribution in [-0.4, -0.2) is 275 Å². The van der Waals surface area contributed by atoms with E-state index in [-0.39, 0.29) is 74.2 Å². The van der Waals surface area contributed by atoms with Gasteiger partial charge in [-0.25, -0.2) is 4.79 Å². The Bertz CT molecular complexity index is 4350. The molecule has 0 aliphatic carbocycles. The molecule has 640 valence electrons. The van der Waals surface area contributed by atoms with E-state index in [1.165, 1.54) is 68.6 Å². The molecule has 0 unspecified atom stereocenters. The maximum absolute atomic E-state index is 15.4. The standard InChI is InChI=1S/C75H100N18O25/c1-35(81-69(111)57(36(2)94)82-38(4)96)61(103)91-58(37(3)95)70(112)85-47(14-9-27-79-75(76)77)62(104)83-46-13-7-8-26-78-72(114)60(102)59(71(113)89-52(74(116)117)30-40-18-22-43(98)23-19-40)92-64(106)48-24-25-56(101)118-34-53(90-68(110)54-15-10-28-93(54)73(115)51(88-63(46)105)29-39-16-20-42(97)21-17-39)67(109)87-50(32-55(99)100)66(108)86-49(65(107)84-48)31-41-33-80-45-12-6-5-11-44(41)45/h5-6,11-12,16-23,33,35-37,46-54,57-60,80,94-95,97-98,102H,7-10,13-15,24-32,34H2,1-4H3,(H,78,114)(H,81,111)(H,82,96)(H,83,104)(H,84,107)(H,85,112)(H,86,108)(H,87,109)(H,88,105)(H,89,113)(H,90,110)(H,91,103)(H,92,106)(H,99,100)(H,116,117)(H4,76,77,79)/t35-,36-,37-,46-,47-,48-,49-,50-,51-,52-,53-,54-,57-,58-,59-,60-/m0/s1. The number of ether oxygens (including phenoxy) is 1. The van der Waals surface area contributed by atoms with Crippen LogP contribution >= 0.6 is 0 Å². The first kappa shape index (κ1) is 92.1. The molecule has 0 spiro atoms. The Morgan fingerprint density at radius 3 is 1.87 bits per heavy atom. The number of nitrogens with zero attached hydrogens (tertiary/aromatic N) is 1. The molecule has 118 heavy (non-hydrogen) atoms. The van der Waals surface area contributed by atoms with Crippen molar-refractivity contribution in [2.45, 2.75) is 208 Å². The third-order valence-electron chi connectivity index (χ3n) is 19.5. The van der Waals surface area contributed by atoms with Gasteiger partial charge >= 0.3 is 17.9 Å². The number of aliphatic hydroxyl groups excluding tert-OH is 3. The molecule has 43 heteroatoms. The molecule has 3 aliphatic rings. The topological polar surface area (TPSA) is 678 Å². The average Bonchev–Trinajstić information content (AvgIpc) is 1.60. The van der Waals surface area contributed by atoms with Gasteiger partial charge in [0.15, 0.2) is 12.1 Å². The van der Waals surface area contributed by atoms with Crippen LogP contribution in [0.1, 0.15) is 109 Å². The number of hydrogen-bond donors (Lipinski definition) is 24. The monoisotopic (exact) mass is 1650 g/mol. The number of hydrogen-bond acceptors (Lipinski definition) is 24. The molecule has 3 aromatic carbocycles. The van der Waals surface area contributed by atoms with Crippen LogP contribution in [0.25, 0.3) is 10.9 Å². The van der Waals surface area contributed by atoms with Crippen molar-refractivity contribution in [1.82, 2.24) is 84.3 Å². The summed E-state index contributed by atoms with van der Waals surface area (Å²) >= 11 is 0. The molecule has 0 radical (unpaired) electrons. The Balaban J connectivity index is 1.31. The number of benzene rings is 3. The Kier molecular flexibility index (Phi) is 34.0. The zero-order valence-electron chi connectivity index (χ0n) is 64.8. The second-order valence-corrected chi connectivity index (χ2v) is 28.7. The molecule has 1 aromatic heterocycles. The summed E-state index contributed by atoms with van der Waals surface area (Å²) in [6.45, 7) is 2.55. The van der Waals surface area contributed by atoms with Crippen molar-refractivity contribution in [3.63, 3.8) is 0 Å². The van der Waals surface area contributed by atoms with Gasteiger partial charge in [0.2, 0.25) is 76.8 Å². The quantitative estimate of drug-likeness (QED) is 0.0120. The number of phenolic OH excluding ortho intramolecular Hbond substituents is 2. The Morgan fingerprint density at radius 2 is 1.23 bits per heavy atom. The molecule has 14 amide bonds. The number of nitrogens with two attached hydrogens (primary N) is 1. The number of carboxylic acid groups (broad SMARTS) is 2. The van der Waals surface area contributed by atoms with Crippen LogP contribution in [0, 0.1) is 5.41 Å². The zero-order chi connectivity index (χ0) is 86.8. The number of aromatic amines is 1. The van der Waals surface area contributed by atoms with E-state index in [9.17, 15) is 103 Å². The highest BCUT2D eigenvalue weighted by molar-refractivity contribution is 6.02. The second kappa shape index (κ2) is 43.6. The van der Waals surface area contributed by atoms with Crippen LogP contribution in [-0.2, 0) is 106 Å². The van der Waals surface area contributed by atoms with Gasteiger partial charge in [0.1, 0.15) is 96.6 Å². The minimum absolute atomic E-state index is 0.0771. The maximum Gasteiger partial charge on any atom is 0.326 e. The van der Waals surface area contributed by atoms with Crippen molar-refractivity contribution in [3.8, 4) is 11.5 Å². The number of carboxylic acids is 2. The number of aliphatic carboxylic acids is 2. The number of para-hydroxylation sites is 1. The normalized spacial score (nSPS) is 22.8. The van der Waals surface area contributed by atoms with Crippen molar-refractivity contribution in [2.24, 2.45) is 5.73 Å². The van der Waals surface area contributed by atoms with Gasteiger partial charge in [-0.1, -0.05) is 42.5 Å². The number of carbonyl (C=O) groups excluding carboxylic acids is 15. The summed E-state index contributed by atoms with van der Waals surface area (Å²) in [6.07, 6.45) is -10.2. The summed E-state index contributed by atoms with van der Waals surface area (Å²) in [5.41, 5.74) is 6.91. The number of guanidine groups is 1. The fourth-order valence-corrected chi connectivity index (χ4v) is 13.1. The summed E-state index contributed by atoms with van der Waals surface area (Å²) in [7, 11) is 0. The van der Waals surface area contributed by atoms with Crippen molar-refractivity contribution < 1.29 is 122 Å². The van der Waals surface area contributed by atoms with Crippen molar-refractivity contribution in [3.05, 3.63) is 95.7 Å². The smallest absolute Gasteiger partial charge is 0.326 e. The van der Waals surface area contributed by atoms with Gasteiger partial charge < -0.3 is 131 Å². The molecule has 16 atom stereocenters. The first-order valence-corrected chi connectivity index (χ1v) is 37.9. The number of aromatic hydroxyl groups is 2. The predicted octanol–water partition coefficient (Wildman–Crippen LogP) is -6.96. The number of carbonyl (C=O) groups is 17. The van der Waals surface area contributed by atoms with Crippen LogP contribution in [0.2, 0.25) is 0 Å². The van der Waals surface area contributed by atoms with Gasteiger partial charge in [0.25, 0.3) is 5.91 Å². The summed E-state index contributed by atoms with van der Waals surface area (Å²) in [5, 5.41) is 115. The fourth-order valence-electron chi connectivity index (χ4n) is 13.1. The van der Waals surface area contributed by atoms with Crippen molar-refractivity contribution in [1.29, 1.82) is 5.41 Å². The van der Waals surface area contributed by atoms with Gasteiger partial charge in [-0.3, -0.25) is 82.1 Å². The minimum Gasteiger partial charge on any atom is -0.508 e. The SMILES string of the molecule is CC(=O)N[C@H](C(=O)N[C@@H](C)C(=O)N[C@H](C(=O)N[C@@H](CCCNC(=N)N)C(=O)N[C@H]1CCCCNC(=O)[C@@H](O)[C@@H](C(=O)N[C@@H](Cc2ccc(O)cc2)C(=O)O)NC(=O)[C@@H]2CCC(=O)OC[C@H](NC(=O)[C@@H]3CCCN3C(=O)[C@H](Cc3ccc(O)cc3)NC1=O)C(=O)N[C@@H](CC(=O)O)C(=O)N[C@@H](Cc1c[nH]c3ccccc13)C(=O)N2)[C@H](C)O)[C@H](C)O. The maximum atomic E-state index is 15.4. The number of amides is 14. The minimum atomic E-state index is -2.71. The Labute approximate surface area is 673 Å². The molecule has 3 aliphatic heterocycles. The van der Waals surface area contributed by atoms with Crippen LogP contribution in [0.15, 0.2) is 79.0 Å². The number of fused-ring (bicyclic) bond motifs is 8. The van der Waals surface area contributed by atoms with Crippen molar-refractivity contribution >= 4 is 117 Å². The van der Waals surface area contributed by atoms with E-state index in [1.807, 2.05) is 0 Å². The molecule has 3 fully saturated rings. The van der Waals surface area contributed by atoms with E-state index < -0.39 is 262 Å².